The zero-order valence-corrected chi connectivity index (χ0v) is 16.2. The lowest BCUT2D eigenvalue weighted by atomic mass is 10.1. The number of cyclic esters (lactones) is 1. The van der Waals surface area contributed by atoms with Crippen LogP contribution in [0.3, 0.4) is 0 Å². The normalized spacial score (nSPS) is 15.1. The molecular formula is C19H16INO4. The third-order valence-electron chi connectivity index (χ3n) is 3.68. The van der Waals surface area contributed by atoms with Crippen LogP contribution < -0.4 is 9.47 Å². The maximum Gasteiger partial charge on any atom is 0.363 e. The minimum absolute atomic E-state index is 0.249. The van der Waals surface area contributed by atoms with E-state index in [-0.39, 0.29) is 5.70 Å². The van der Waals surface area contributed by atoms with Gasteiger partial charge >= 0.3 is 5.97 Å². The maximum atomic E-state index is 12.1. The van der Waals surface area contributed by atoms with E-state index in [2.05, 4.69) is 27.6 Å². The molecule has 0 atom stereocenters. The van der Waals surface area contributed by atoms with Gasteiger partial charge < -0.3 is 14.2 Å². The molecule has 6 heteroatoms. The van der Waals surface area contributed by atoms with Crippen LogP contribution >= 0.6 is 22.6 Å². The van der Waals surface area contributed by atoms with Gasteiger partial charge in [0.1, 0.15) is 0 Å². The Labute approximate surface area is 159 Å². The number of nitrogens with zero attached hydrogens (tertiary/aromatic N) is 1. The molecule has 0 saturated carbocycles. The quantitative estimate of drug-likeness (QED) is 0.403. The summed E-state index contributed by atoms with van der Waals surface area (Å²) in [6, 6.07) is 11.3. The van der Waals surface area contributed by atoms with Crippen LogP contribution in [0.2, 0.25) is 0 Å². The standard InChI is InChI=1S/C19H16INO4/c1-11-4-6-13(7-5-11)18-21-15(19(22)25-18)9-12-8-14(20)17(24-3)16(10-12)23-2/h4-10H,1-3H3/b15-9-. The Morgan fingerprint density at radius 3 is 2.48 bits per heavy atom. The Hall–Kier alpha value is -2.35. The van der Waals surface area contributed by atoms with Gasteiger partial charge in [-0.2, -0.15) is 0 Å². The van der Waals surface area contributed by atoms with Gasteiger partial charge in [-0.05, 0) is 65.4 Å². The molecule has 5 nitrogen and oxygen atoms in total. The third kappa shape index (κ3) is 3.68. The van der Waals surface area contributed by atoms with Crippen LogP contribution in [0, 0.1) is 10.5 Å². The second-order valence-electron chi connectivity index (χ2n) is 5.44. The van der Waals surface area contributed by atoms with Gasteiger partial charge in [0, 0.05) is 5.56 Å². The van der Waals surface area contributed by atoms with Gasteiger partial charge in [-0.3, -0.25) is 0 Å². The van der Waals surface area contributed by atoms with Crippen LogP contribution in [0.25, 0.3) is 6.08 Å². The fourth-order valence-corrected chi connectivity index (χ4v) is 3.25. The van der Waals surface area contributed by atoms with Crippen molar-refractivity contribution >= 4 is 40.5 Å². The summed E-state index contributed by atoms with van der Waals surface area (Å²) in [5, 5.41) is 0. The topological polar surface area (TPSA) is 57.1 Å². The Balaban J connectivity index is 1.97. The van der Waals surface area contributed by atoms with E-state index in [4.69, 9.17) is 14.2 Å². The first-order valence-corrected chi connectivity index (χ1v) is 8.61. The van der Waals surface area contributed by atoms with E-state index in [1.807, 2.05) is 37.3 Å². The van der Waals surface area contributed by atoms with Crippen LogP contribution in [-0.4, -0.2) is 26.1 Å². The first kappa shape index (κ1) is 17.5. The molecule has 0 N–H and O–H groups in total. The van der Waals surface area contributed by atoms with Crippen LogP contribution in [0.4, 0.5) is 0 Å². The van der Waals surface area contributed by atoms with Crippen molar-refractivity contribution in [2.24, 2.45) is 4.99 Å². The lowest BCUT2D eigenvalue weighted by Gasteiger charge is -2.10. The Bertz CT molecular complexity index is 885. The summed E-state index contributed by atoms with van der Waals surface area (Å²) in [5.74, 6) is 1.09. The van der Waals surface area contributed by atoms with E-state index in [0.717, 1.165) is 20.3 Å². The Morgan fingerprint density at radius 2 is 1.84 bits per heavy atom. The number of hydrogen-bond acceptors (Lipinski definition) is 5. The summed E-state index contributed by atoms with van der Waals surface area (Å²) >= 11 is 2.16. The number of esters is 1. The van der Waals surface area contributed by atoms with Crippen molar-refractivity contribution in [1.82, 2.24) is 0 Å². The molecule has 0 bridgehead atoms. The Kier molecular flexibility index (Phi) is 5.08. The van der Waals surface area contributed by atoms with Crippen LogP contribution in [0.1, 0.15) is 16.7 Å². The number of rotatable bonds is 4. The summed E-state index contributed by atoms with van der Waals surface area (Å²) in [5.41, 5.74) is 2.93. The maximum absolute atomic E-state index is 12.1. The molecule has 3 rings (SSSR count). The number of benzene rings is 2. The van der Waals surface area contributed by atoms with E-state index >= 15 is 0 Å². The zero-order valence-electron chi connectivity index (χ0n) is 14.0. The SMILES string of the molecule is COc1cc(/C=C2\N=C(c3ccc(C)cc3)OC2=O)cc(I)c1OC. The highest BCUT2D eigenvalue weighted by Crippen LogP contribution is 2.34. The average molecular weight is 449 g/mol. The number of carbonyl (C=O) groups excluding carboxylic acids is 1. The third-order valence-corrected chi connectivity index (χ3v) is 4.48. The number of hydrogen-bond donors (Lipinski definition) is 0. The number of carbonyl (C=O) groups is 1. The molecule has 0 aromatic heterocycles. The predicted octanol–water partition coefficient (Wildman–Crippen LogP) is 3.96. The number of aryl methyl sites for hydroxylation is 1. The molecule has 2 aromatic rings. The number of methoxy groups -OCH3 is 2. The number of ether oxygens (including phenoxy) is 3. The fraction of sp³-hybridized carbons (Fsp3) is 0.158. The molecule has 0 spiro atoms. The molecule has 1 aliphatic rings. The molecule has 0 radical (unpaired) electrons. The van der Waals surface area contributed by atoms with Gasteiger partial charge in [0.05, 0.1) is 17.8 Å². The van der Waals surface area contributed by atoms with E-state index < -0.39 is 5.97 Å². The predicted molar refractivity (Wildman–Crippen MR) is 104 cm³/mol. The van der Waals surface area contributed by atoms with Gasteiger partial charge in [-0.1, -0.05) is 17.7 Å². The van der Waals surface area contributed by atoms with Gasteiger partial charge in [-0.25, -0.2) is 9.79 Å². The summed E-state index contributed by atoms with van der Waals surface area (Å²) in [6.45, 7) is 2.00. The smallest absolute Gasteiger partial charge is 0.363 e. The van der Waals surface area contributed by atoms with Crippen LogP contribution in [0.5, 0.6) is 11.5 Å². The lowest BCUT2D eigenvalue weighted by molar-refractivity contribution is -0.129. The molecule has 25 heavy (non-hydrogen) atoms. The van der Waals surface area contributed by atoms with E-state index in [0.29, 0.717) is 17.4 Å². The highest BCUT2D eigenvalue weighted by atomic mass is 127. The Morgan fingerprint density at radius 1 is 1.12 bits per heavy atom. The number of halogens is 1. The molecule has 128 valence electrons. The molecule has 0 saturated heterocycles. The fourth-order valence-electron chi connectivity index (χ4n) is 2.41. The highest BCUT2D eigenvalue weighted by Gasteiger charge is 2.24. The second kappa shape index (κ2) is 7.26. The first-order chi connectivity index (χ1) is 12.0. The largest absolute Gasteiger partial charge is 0.493 e. The van der Waals surface area contributed by atoms with E-state index in [1.165, 1.54) is 0 Å². The average Bonchev–Trinajstić information content (AvgIpc) is 2.95. The van der Waals surface area contributed by atoms with Crippen molar-refractivity contribution in [3.63, 3.8) is 0 Å². The van der Waals surface area contributed by atoms with Crippen LogP contribution in [0.15, 0.2) is 47.1 Å². The summed E-state index contributed by atoms with van der Waals surface area (Å²) in [4.78, 5) is 16.5. The zero-order chi connectivity index (χ0) is 18.0. The van der Waals surface area contributed by atoms with E-state index in [1.54, 1.807) is 26.4 Å². The van der Waals surface area contributed by atoms with Gasteiger partial charge in [0.2, 0.25) is 5.90 Å². The van der Waals surface area contributed by atoms with Gasteiger partial charge in [0.25, 0.3) is 0 Å². The molecule has 0 fully saturated rings. The molecule has 0 aliphatic carbocycles. The van der Waals surface area contributed by atoms with Crippen molar-refractivity contribution in [3.8, 4) is 11.5 Å². The minimum Gasteiger partial charge on any atom is -0.493 e. The molecule has 1 aliphatic heterocycles. The van der Waals surface area contributed by atoms with Gasteiger partial charge in [0.15, 0.2) is 17.2 Å². The van der Waals surface area contributed by atoms with Crippen molar-refractivity contribution in [2.75, 3.05) is 14.2 Å². The van der Waals surface area contributed by atoms with Crippen molar-refractivity contribution in [2.45, 2.75) is 6.92 Å². The number of aliphatic imine (C=N–C) groups is 1. The highest BCUT2D eigenvalue weighted by molar-refractivity contribution is 14.1. The minimum atomic E-state index is -0.472. The monoisotopic (exact) mass is 449 g/mol. The van der Waals surface area contributed by atoms with Crippen LogP contribution in [-0.2, 0) is 9.53 Å². The summed E-state index contributed by atoms with van der Waals surface area (Å²) < 4.78 is 16.8. The van der Waals surface area contributed by atoms with Crippen molar-refractivity contribution in [3.05, 3.63) is 62.4 Å². The summed E-state index contributed by atoms with van der Waals surface area (Å²) in [7, 11) is 3.16. The summed E-state index contributed by atoms with van der Waals surface area (Å²) in [6.07, 6.45) is 1.67. The molecular weight excluding hydrogens is 433 g/mol. The van der Waals surface area contributed by atoms with Crippen molar-refractivity contribution in [1.29, 1.82) is 0 Å². The van der Waals surface area contributed by atoms with Crippen molar-refractivity contribution < 1.29 is 19.0 Å². The molecule has 1 heterocycles. The van der Waals surface area contributed by atoms with Gasteiger partial charge in [-0.15, -0.1) is 0 Å². The second-order valence-corrected chi connectivity index (χ2v) is 6.60. The lowest BCUT2D eigenvalue weighted by Crippen LogP contribution is -2.05. The molecule has 0 amide bonds. The molecule has 2 aromatic carbocycles. The first-order valence-electron chi connectivity index (χ1n) is 7.53. The molecule has 0 unspecified atom stereocenters. The van der Waals surface area contributed by atoms with E-state index in [9.17, 15) is 4.79 Å².